The first-order chi connectivity index (χ1) is 15.1. The SMILES string of the molecule is N=N/C(=C\NCc1ccccc1)c1ccc(NC(=O)CCCCCCC(=O)NO)cc1. The van der Waals surface area contributed by atoms with Crippen LogP contribution in [0.4, 0.5) is 5.69 Å². The summed E-state index contributed by atoms with van der Waals surface area (Å²) in [5.74, 6) is -0.448. The Morgan fingerprint density at radius 3 is 2.16 bits per heavy atom. The molecule has 0 aliphatic heterocycles. The molecule has 2 rings (SSSR count). The molecule has 0 unspecified atom stereocenters. The van der Waals surface area contributed by atoms with Crippen molar-refractivity contribution in [2.75, 3.05) is 5.32 Å². The predicted molar refractivity (Wildman–Crippen MR) is 119 cm³/mol. The largest absolute Gasteiger partial charge is 0.385 e. The summed E-state index contributed by atoms with van der Waals surface area (Å²) in [6, 6.07) is 17.2. The van der Waals surface area contributed by atoms with Gasteiger partial charge in [-0.05, 0) is 30.5 Å². The van der Waals surface area contributed by atoms with Gasteiger partial charge in [0, 0.05) is 36.8 Å². The minimum atomic E-state index is -0.385. The van der Waals surface area contributed by atoms with Crippen molar-refractivity contribution in [1.29, 1.82) is 5.53 Å². The van der Waals surface area contributed by atoms with E-state index in [-0.39, 0.29) is 18.2 Å². The summed E-state index contributed by atoms with van der Waals surface area (Å²) in [6.45, 7) is 0.642. The highest BCUT2D eigenvalue weighted by atomic mass is 16.5. The second-order valence-corrected chi connectivity index (χ2v) is 7.08. The van der Waals surface area contributed by atoms with Gasteiger partial charge in [-0.2, -0.15) is 5.11 Å². The van der Waals surface area contributed by atoms with Crippen LogP contribution >= 0.6 is 0 Å². The lowest BCUT2D eigenvalue weighted by Gasteiger charge is -2.07. The number of unbranched alkanes of at least 4 members (excludes halogenated alkanes) is 3. The summed E-state index contributed by atoms with van der Waals surface area (Å²) in [7, 11) is 0. The molecule has 2 aromatic rings. The van der Waals surface area contributed by atoms with Gasteiger partial charge in [-0.25, -0.2) is 11.0 Å². The van der Waals surface area contributed by atoms with Crippen LogP contribution in [-0.4, -0.2) is 17.0 Å². The molecule has 31 heavy (non-hydrogen) atoms. The first-order valence-corrected chi connectivity index (χ1v) is 10.3. The molecule has 0 spiro atoms. The summed E-state index contributed by atoms with van der Waals surface area (Å²) in [5.41, 5.74) is 12.1. The van der Waals surface area contributed by atoms with Gasteiger partial charge in [0.1, 0.15) is 5.70 Å². The van der Waals surface area contributed by atoms with Gasteiger partial charge < -0.3 is 10.6 Å². The fraction of sp³-hybridized carbons (Fsp3) is 0.304. The molecule has 5 N–H and O–H groups in total. The molecule has 0 aromatic heterocycles. The number of hydroxylamine groups is 1. The summed E-state index contributed by atoms with van der Waals surface area (Å²) in [6.07, 6.45) is 5.51. The Kier molecular flexibility index (Phi) is 10.5. The smallest absolute Gasteiger partial charge is 0.243 e. The summed E-state index contributed by atoms with van der Waals surface area (Å²) >= 11 is 0. The molecular weight excluding hydrogens is 394 g/mol. The number of anilines is 1. The predicted octanol–water partition coefficient (Wildman–Crippen LogP) is 4.59. The Morgan fingerprint density at radius 2 is 1.55 bits per heavy atom. The quantitative estimate of drug-likeness (QED) is 0.140. The summed E-state index contributed by atoms with van der Waals surface area (Å²) in [5, 5.41) is 18.0. The highest BCUT2D eigenvalue weighted by Gasteiger charge is 2.05. The zero-order valence-electron chi connectivity index (χ0n) is 17.4. The zero-order valence-corrected chi connectivity index (χ0v) is 17.4. The van der Waals surface area contributed by atoms with Crippen molar-refractivity contribution < 1.29 is 14.8 Å². The Morgan fingerprint density at radius 1 is 0.903 bits per heavy atom. The van der Waals surface area contributed by atoms with E-state index in [1.165, 1.54) is 0 Å². The molecule has 0 fully saturated rings. The van der Waals surface area contributed by atoms with Crippen molar-refractivity contribution in [1.82, 2.24) is 10.8 Å². The molecule has 0 heterocycles. The fourth-order valence-electron chi connectivity index (χ4n) is 2.97. The Bertz CT molecular complexity index is 867. The Hall–Kier alpha value is -3.52. The van der Waals surface area contributed by atoms with Crippen molar-refractivity contribution in [3.63, 3.8) is 0 Å². The fourth-order valence-corrected chi connectivity index (χ4v) is 2.97. The normalized spacial score (nSPS) is 10.9. The van der Waals surface area contributed by atoms with Crippen molar-refractivity contribution in [2.24, 2.45) is 5.11 Å². The van der Waals surface area contributed by atoms with Crippen LogP contribution in [0.5, 0.6) is 0 Å². The maximum Gasteiger partial charge on any atom is 0.243 e. The van der Waals surface area contributed by atoms with Crippen LogP contribution in [0, 0.1) is 5.53 Å². The van der Waals surface area contributed by atoms with Gasteiger partial charge in [0.05, 0.1) is 0 Å². The lowest BCUT2D eigenvalue weighted by atomic mass is 10.1. The minimum Gasteiger partial charge on any atom is -0.385 e. The number of carbonyl (C=O) groups is 2. The van der Waals surface area contributed by atoms with E-state index in [9.17, 15) is 9.59 Å². The van der Waals surface area contributed by atoms with E-state index < -0.39 is 0 Å². The van der Waals surface area contributed by atoms with E-state index >= 15 is 0 Å². The molecule has 0 aliphatic carbocycles. The van der Waals surface area contributed by atoms with E-state index in [0.717, 1.165) is 30.4 Å². The molecule has 0 bridgehead atoms. The van der Waals surface area contributed by atoms with Crippen LogP contribution in [-0.2, 0) is 16.1 Å². The average Bonchev–Trinajstić information content (AvgIpc) is 2.80. The Labute approximate surface area is 182 Å². The molecule has 164 valence electrons. The lowest BCUT2D eigenvalue weighted by molar-refractivity contribution is -0.129. The number of hydrogen-bond acceptors (Lipinski definition) is 6. The second-order valence-electron chi connectivity index (χ2n) is 7.08. The molecule has 0 radical (unpaired) electrons. The third-order valence-corrected chi connectivity index (χ3v) is 4.66. The third-order valence-electron chi connectivity index (χ3n) is 4.66. The highest BCUT2D eigenvalue weighted by molar-refractivity contribution is 5.90. The number of nitrogens with zero attached hydrogens (tertiary/aromatic N) is 1. The summed E-state index contributed by atoms with van der Waals surface area (Å²) in [4.78, 5) is 23.0. The molecule has 0 saturated carbocycles. The van der Waals surface area contributed by atoms with Gasteiger partial charge in [-0.3, -0.25) is 14.8 Å². The molecule has 8 nitrogen and oxygen atoms in total. The highest BCUT2D eigenvalue weighted by Crippen LogP contribution is 2.18. The Balaban J connectivity index is 1.74. The van der Waals surface area contributed by atoms with Crippen molar-refractivity contribution in [2.45, 2.75) is 45.1 Å². The van der Waals surface area contributed by atoms with E-state index in [2.05, 4.69) is 15.7 Å². The number of hydrogen-bond donors (Lipinski definition) is 5. The van der Waals surface area contributed by atoms with Crippen LogP contribution < -0.4 is 16.1 Å². The van der Waals surface area contributed by atoms with E-state index in [1.807, 2.05) is 42.5 Å². The first kappa shape index (κ1) is 23.8. The van der Waals surface area contributed by atoms with Gasteiger partial charge in [0.25, 0.3) is 0 Å². The van der Waals surface area contributed by atoms with Gasteiger partial charge in [0.15, 0.2) is 0 Å². The number of carbonyl (C=O) groups excluding carboxylic acids is 2. The van der Waals surface area contributed by atoms with Gasteiger partial charge in [-0.15, -0.1) is 0 Å². The number of nitrogens with one attached hydrogen (secondary N) is 4. The van der Waals surface area contributed by atoms with Crippen LogP contribution in [0.1, 0.15) is 49.7 Å². The molecule has 2 aromatic carbocycles. The third kappa shape index (κ3) is 9.22. The van der Waals surface area contributed by atoms with Crippen LogP contribution in [0.25, 0.3) is 5.70 Å². The molecule has 8 heteroatoms. The molecule has 0 aliphatic rings. The van der Waals surface area contributed by atoms with Gasteiger partial charge >= 0.3 is 0 Å². The zero-order chi connectivity index (χ0) is 22.3. The number of rotatable bonds is 13. The first-order valence-electron chi connectivity index (χ1n) is 10.3. The van der Waals surface area contributed by atoms with Crippen molar-refractivity contribution >= 4 is 23.2 Å². The monoisotopic (exact) mass is 423 g/mol. The van der Waals surface area contributed by atoms with Crippen LogP contribution in [0.3, 0.4) is 0 Å². The maximum absolute atomic E-state index is 12.1. The van der Waals surface area contributed by atoms with E-state index in [0.29, 0.717) is 30.8 Å². The van der Waals surface area contributed by atoms with Gasteiger partial charge in [-0.1, -0.05) is 55.3 Å². The van der Waals surface area contributed by atoms with Crippen LogP contribution in [0.15, 0.2) is 65.9 Å². The van der Waals surface area contributed by atoms with E-state index in [4.69, 9.17) is 10.7 Å². The van der Waals surface area contributed by atoms with Crippen molar-refractivity contribution in [3.05, 3.63) is 71.9 Å². The van der Waals surface area contributed by atoms with Gasteiger partial charge in [0.2, 0.25) is 11.8 Å². The molecule has 2 amide bonds. The van der Waals surface area contributed by atoms with Crippen LogP contribution in [0.2, 0.25) is 0 Å². The minimum absolute atomic E-state index is 0.0636. The maximum atomic E-state index is 12.1. The average molecular weight is 424 g/mol. The number of amides is 2. The van der Waals surface area contributed by atoms with E-state index in [1.54, 1.807) is 23.8 Å². The molecular formula is C23H29N5O3. The van der Waals surface area contributed by atoms with Crippen molar-refractivity contribution in [3.8, 4) is 0 Å². The topological polar surface area (TPSA) is 127 Å². The second kappa shape index (κ2) is 13.7. The molecule has 0 saturated heterocycles. The standard InChI is InChI=1S/C23H29N5O3/c24-27-21(17-25-16-18-8-4-3-5-9-18)19-12-14-20(15-13-19)26-22(29)10-6-1-2-7-11-23(30)28-31/h3-5,8-9,12-15,17,24-25,31H,1-2,6-7,10-11,16H2,(H,26,29)(H,28,30)/b21-17-,27-24?. The summed E-state index contributed by atoms with van der Waals surface area (Å²) < 4.78 is 0. The lowest BCUT2D eigenvalue weighted by Crippen LogP contribution is -2.17. The molecule has 0 atom stereocenters. The number of benzene rings is 2.